The number of nitrogens with zero attached hydrogens (tertiary/aromatic N) is 2. The van der Waals surface area contributed by atoms with E-state index < -0.39 is 17.2 Å². The minimum Gasteiger partial charge on any atom is -0.358 e. The molecule has 4 nitrogen and oxygen atoms in total. The van der Waals surface area contributed by atoms with Gasteiger partial charge in [0, 0.05) is 5.56 Å². The van der Waals surface area contributed by atoms with Gasteiger partial charge in [0.05, 0.1) is 0 Å². The highest BCUT2D eigenvalue weighted by Gasteiger charge is 2.21. The number of rotatable bonds is 2. The van der Waals surface area contributed by atoms with Crippen LogP contribution in [-0.2, 0) is 0 Å². The summed E-state index contributed by atoms with van der Waals surface area (Å²) in [5.74, 6) is -0.529. The van der Waals surface area contributed by atoms with Crippen molar-refractivity contribution in [1.29, 1.82) is 0 Å². The van der Waals surface area contributed by atoms with E-state index in [4.69, 9.17) is 0 Å². The number of alkyl halides is 2. The number of aromatic nitrogens is 1. The van der Waals surface area contributed by atoms with Crippen molar-refractivity contribution < 1.29 is 13.7 Å². The minimum absolute atomic E-state index is 0.111. The zero-order valence-corrected chi connectivity index (χ0v) is 8.23. The van der Waals surface area contributed by atoms with E-state index in [1.54, 1.807) is 0 Å². The third-order valence-corrected chi connectivity index (χ3v) is 2.41. The molecule has 0 aliphatic heterocycles. The van der Waals surface area contributed by atoms with E-state index in [9.17, 15) is 18.9 Å². The molecule has 0 aromatic carbocycles. The van der Waals surface area contributed by atoms with Crippen LogP contribution in [0.15, 0.2) is 12.3 Å². The minimum atomic E-state index is -2.71. The molecule has 0 saturated heterocycles. The van der Waals surface area contributed by atoms with Crippen molar-refractivity contribution in [3.05, 3.63) is 31.5 Å². The fourth-order valence-corrected chi connectivity index (χ4v) is 1.49. The normalized spacial score (nSPS) is 10.5. The Morgan fingerprint density at radius 1 is 1.62 bits per heavy atom. The zero-order valence-electron chi connectivity index (χ0n) is 6.08. The fraction of sp³-hybridized carbons (Fsp3) is 0.167. The Labute approximate surface area is 85.3 Å². The van der Waals surface area contributed by atoms with Gasteiger partial charge in [0.25, 0.3) is 6.43 Å². The topological polar surface area (TPSA) is 56.0 Å². The second-order valence-corrected chi connectivity index (χ2v) is 3.17. The molecule has 0 spiro atoms. The summed E-state index contributed by atoms with van der Waals surface area (Å²) in [6.07, 6.45) is -1.71. The highest BCUT2D eigenvalue weighted by Crippen LogP contribution is 2.28. The summed E-state index contributed by atoms with van der Waals surface area (Å²) in [7, 11) is 0. The molecule has 13 heavy (non-hydrogen) atoms. The predicted molar refractivity (Wildman–Crippen MR) is 48.6 cm³/mol. The first-order valence-electron chi connectivity index (χ1n) is 3.11. The summed E-state index contributed by atoms with van der Waals surface area (Å²) in [6, 6.07) is 1.07. The van der Waals surface area contributed by atoms with Crippen LogP contribution in [0, 0.1) is 13.7 Å². The molecule has 0 amide bonds. The number of pyridine rings is 1. The Balaban J connectivity index is 3.26. The molecular weight excluding hydrogens is 297 g/mol. The lowest BCUT2D eigenvalue weighted by molar-refractivity contribution is -0.390. The van der Waals surface area contributed by atoms with E-state index in [1.165, 1.54) is 22.6 Å². The van der Waals surface area contributed by atoms with E-state index in [0.29, 0.717) is 0 Å². The average molecular weight is 300 g/mol. The zero-order chi connectivity index (χ0) is 10.0. The summed E-state index contributed by atoms with van der Waals surface area (Å²) in [5, 5.41) is 10.3. The maximum atomic E-state index is 12.2. The third-order valence-electron chi connectivity index (χ3n) is 1.31. The van der Waals surface area contributed by atoms with Crippen LogP contribution >= 0.6 is 22.6 Å². The van der Waals surface area contributed by atoms with Gasteiger partial charge >= 0.3 is 5.82 Å². The molecule has 0 radical (unpaired) electrons. The van der Waals surface area contributed by atoms with Crippen LogP contribution in [0.25, 0.3) is 0 Å². The molecule has 1 aromatic heterocycles. The Hall–Kier alpha value is -0.860. The summed E-state index contributed by atoms with van der Waals surface area (Å²) in [4.78, 5) is 12.9. The molecule has 0 bridgehead atoms. The van der Waals surface area contributed by atoms with Crippen molar-refractivity contribution in [2.75, 3.05) is 0 Å². The molecule has 0 atom stereocenters. The van der Waals surface area contributed by atoms with E-state index in [0.717, 1.165) is 12.3 Å². The lowest BCUT2D eigenvalue weighted by atomic mass is 10.3. The Morgan fingerprint density at radius 3 is 2.69 bits per heavy atom. The molecule has 7 heteroatoms. The summed E-state index contributed by atoms with van der Waals surface area (Å²) < 4.78 is 24.3. The number of nitro groups is 1. The van der Waals surface area contributed by atoms with E-state index in [1.807, 2.05) is 0 Å². The van der Waals surface area contributed by atoms with Crippen LogP contribution < -0.4 is 0 Å². The molecule has 70 valence electrons. The Kier molecular flexibility index (Phi) is 3.07. The maximum absolute atomic E-state index is 12.2. The van der Waals surface area contributed by atoms with Gasteiger partial charge in [-0.3, -0.25) is 0 Å². The van der Waals surface area contributed by atoms with Crippen molar-refractivity contribution in [1.82, 2.24) is 4.98 Å². The van der Waals surface area contributed by atoms with Crippen molar-refractivity contribution >= 4 is 28.4 Å². The molecule has 1 rings (SSSR count). The van der Waals surface area contributed by atoms with Crippen LogP contribution in [0.3, 0.4) is 0 Å². The van der Waals surface area contributed by atoms with Gasteiger partial charge < -0.3 is 10.1 Å². The van der Waals surface area contributed by atoms with E-state index >= 15 is 0 Å². The molecule has 0 aliphatic rings. The average Bonchev–Trinajstić information content (AvgIpc) is 2.03. The Bertz CT molecular complexity index is 345. The largest absolute Gasteiger partial charge is 0.377 e. The first-order valence-corrected chi connectivity index (χ1v) is 4.19. The van der Waals surface area contributed by atoms with Gasteiger partial charge in [-0.15, -0.1) is 0 Å². The first-order chi connectivity index (χ1) is 6.04. The van der Waals surface area contributed by atoms with Crippen LogP contribution in [0.1, 0.15) is 12.0 Å². The molecule has 1 heterocycles. The molecule has 0 fully saturated rings. The SMILES string of the molecule is O=[N+]([O-])c1nccc(C(F)F)c1I. The van der Waals surface area contributed by atoms with Gasteiger partial charge in [-0.1, -0.05) is 0 Å². The fourth-order valence-electron chi connectivity index (χ4n) is 0.743. The summed E-state index contributed by atoms with van der Waals surface area (Å²) in [5.41, 5.74) is -0.359. The van der Waals surface area contributed by atoms with Gasteiger partial charge in [0.1, 0.15) is 9.77 Å². The number of hydrogen-bond acceptors (Lipinski definition) is 3. The number of hydrogen-bond donors (Lipinski definition) is 0. The van der Waals surface area contributed by atoms with Crippen LogP contribution in [0.5, 0.6) is 0 Å². The second-order valence-electron chi connectivity index (χ2n) is 2.10. The van der Waals surface area contributed by atoms with Gasteiger partial charge in [0.15, 0.2) is 0 Å². The smallest absolute Gasteiger partial charge is 0.358 e. The molecule has 0 unspecified atom stereocenters. The monoisotopic (exact) mass is 300 g/mol. The highest BCUT2D eigenvalue weighted by molar-refractivity contribution is 14.1. The van der Waals surface area contributed by atoms with Crippen LogP contribution in [-0.4, -0.2) is 9.91 Å². The van der Waals surface area contributed by atoms with Crippen molar-refractivity contribution in [3.8, 4) is 0 Å². The standard InChI is InChI=1S/C6H3F2IN2O2/c7-5(8)3-1-2-10-6(4(3)9)11(12)13/h1-2,5H. The van der Waals surface area contributed by atoms with Gasteiger partial charge in [-0.25, -0.2) is 8.78 Å². The maximum Gasteiger partial charge on any atom is 0.377 e. The summed E-state index contributed by atoms with van der Waals surface area (Å²) in [6.45, 7) is 0. The van der Waals surface area contributed by atoms with E-state index in [-0.39, 0.29) is 9.13 Å². The number of halogens is 3. The lowest BCUT2D eigenvalue weighted by Crippen LogP contribution is -1.99. The summed E-state index contributed by atoms with van der Waals surface area (Å²) >= 11 is 1.49. The molecule has 0 saturated carbocycles. The lowest BCUT2D eigenvalue weighted by Gasteiger charge is -2.01. The van der Waals surface area contributed by atoms with Gasteiger partial charge in [-0.2, -0.15) is 0 Å². The van der Waals surface area contributed by atoms with Crippen molar-refractivity contribution in [2.24, 2.45) is 0 Å². The molecule has 0 N–H and O–H groups in total. The highest BCUT2D eigenvalue weighted by atomic mass is 127. The van der Waals surface area contributed by atoms with E-state index in [2.05, 4.69) is 4.98 Å². The first kappa shape index (κ1) is 10.2. The van der Waals surface area contributed by atoms with Crippen LogP contribution in [0.2, 0.25) is 0 Å². The molecule has 0 aliphatic carbocycles. The second kappa shape index (κ2) is 3.90. The van der Waals surface area contributed by atoms with Crippen LogP contribution in [0.4, 0.5) is 14.6 Å². The predicted octanol–water partition coefficient (Wildman–Crippen LogP) is 2.53. The van der Waals surface area contributed by atoms with Gasteiger partial charge in [0.2, 0.25) is 0 Å². The third kappa shape index (κ3) is 2.08. The van der Waals surface area contributed by atoms with Crippen molar-refractivity contribution in [3.63, 3.8) is 0 Å². The molecular formula is C6H3F2IN2O2. The molecule has 1 aromatic rings. The Morgan fingerprint density at radius 2 is 2.23 bits per heavy atom. The quantitative estimate of drug-likeness (QED) is 0.479. The van der Waals surface area contributed by atoms with Gasteiger partial charge in [-0.05, 0) is 38.6 Å². The van der Waals surface area contributed by atoms with Crippen molar-refractivity contribution in [2.45, 2.75) is 6.43 Å².